The zero-order valence-electron chi connectivity index (χ0n) is 9.11. The average Bonchev–Trinajstić information content (AvgIpc) is 2.78. The number of aromatic nitrogens is 2. The summed E-state index contributed by atoms with van der Waals surface area (Å²) in [6.45, 7) is 0. The number of carbonyl (C=O) groups excluding carboxylic acids is 1. The Labute approximate surface area is 97.7 Å². The highest BCUT2D eigenvalue weighted by Gasteiger charge is 2.27. The number of H-pyrrole nitrogens is 1. The molecule has 1 atom stereocenters. The van der Waals surface area contributed by atoms with Crippen molar-refractivity contribution in [3.63, 3.8) is 0 Å². The summed E-state index contributed by atoms with van der Waals surface area (Å²) in [4.78, 5) is 11.9. The summed E-state index contributed by atoms with van der Waals surface area (Å²) < 4.78 is 12.8. The van der Waals surface area contributed by atoms with E-state index in [9.17, 15) is 9.18 Å². The molecule has 0 unspecified atom stereocenters. The molecule has 0 radical (unpaired) electrons. The van der Waals surface area contributed by atoms with Crippen molar-refractivity contribution in [2.75, 3.05) is 0 Å². The van der Waals surface area contributed by atoms with Crippen LogP contribution in [0, 0.1) is 5.82 Å². The molecule has 0 fully saturated rings. The molecule has 0 spiro atoms. The number of nitrogens with one attached hydrogen (secondary N) is 1. The number of Topliss-reactive ketones (excluding diaryl/α,β-unsaturated/α-hetero) is 1. The third kappa shape index (κ3) is 1.75. The minimum atomic E-state index is -0.252. The minimum absolute atomic E-state index is 0.106. The van der Waals surface area contributed by atoms with Gasteiger partial charge in [0, 0.05) is 12.1 Å². The summed E-state index contributed by atoms with van der Waals surface area (Å²) in [6.07, 6.45) is 2.81. The van der Waals surface area contributed by atoms with Crippen LogP contribution in [-0.2, 0) is 6.42 Å². The van der Waals surface area contributed by atoms with E-state index >= 15 is 0 Å². The molecule has 1 N–H and O–H groups in total. The Balaban J connectivity index is 1.93. The molecule has 0 amide bonds. The normalized spacial score (nSPS) is 19.1. The minimum Gasteiger partial charge on any atom is -0.294 e. The van der Waals surface area contributed by atoms with Crippen molar-refractivity contribution in [1.82, 2.24) is 10.2 Å². The van der Waals surface area contributed by atoms with Crippen LogP contribution in [0.2, 0.25) is 0 Å². The second-order valence-corrected chi connectivity index (χ2v) is 4.34. The van der Waals surface area contributed by atoms with E-state index in [0.29, 0.717) is 12.0 Å². The lowest BCUT2D eigenvalue weighted by molar-refractivity contribution is 0.0964. The van der Waals surface area contributed by atoms with Gasteiger partial charge in [0.05, 0.1) is 11.8 Å². The van der Waals surface area contributed by atoms with Gasteiger partial charge in [-0.1, -0.05) is 12.1 Å². The Morgan fingerprint density at radius 2 is 2.00 bits per heavy atom. The second kappa shape index (κ2) is 3.80. The van der Waals surface area contributed by atoms with Crippen LogP contribution >= 0.6 is 0 Å². The molecule has 0 saturated heterocycles. The molecule has 0 saturated carbocycles. The van der Waals surface area contributed by atoms with Crippen LogP contribution < -0.4 is 0 Å². The Morgan fingerprint density at radius 1 is 1.24 bits per heavy atom. The standard InChI is InChI=1S/C13H11FN2O/c14-10-3-1-8(2-4-10)9-5-12-11(7-15-16-12)13(17)6-9/h1-4,7,9H,5-6H2,(H,15,16)/t9-/m0/s1. The molecule has 1 aromatic carbocycles. The van der Waals surface area contributed by atoms with Crippen molar-refractivity contribution in [3.05, 3.63) is 53.1 Å². The first-order valence-electron chi connectivity index (χ1n) is 5.55. The van der Waals surface area contributed by atoms with Gasteiger partial charge in [0.15, 0.2) is 5.78 Å². The number of carbonyl (C=O) groups is 1. The third-order valence-electron chi connectivity index (χ3n) is 3.24. The van der Waals surface area contributed by atoms with E-state index in [1.54, 1.807) is 18.3 Å². The van der Waals surface area contributed by atoms with Crippen molar-refractivity contribution >= 4 is 5.78 Å². The molecule has 3 nitrogen and oxygen atoms in total. The summed E-state index contributed by atoms with van der Waals surface area (Å²) in [5.41, 5.74) is 2.58. The van der Waals surface area contributed by atoms with Crippen molar-refractivity contribution in [1.29, 1.82) is 0 Å². The molecular formula is C13H11FN2O. The monoisotopic (exact) mass is 230 g/mol. The topological polar surface area (TPSA) is 45.8 Å². The fourth-order valence-electron chi connectivity index (χ4n) is 2.33. The number of aromatic amines is 1. The summed E-state index contributed by atoms with van der Waals surface area (Å²) in [5.74, 6) is -0.0245. The van der Waals surface area contributed by atoms with E-state index in [1.165, 1.54) is 12.1 Å². The molecular weight excluding hydrogens is 219 g/mol. The quantitative estimate of drug-likeness (QED) is 0.817. The second-order valence-electron chi connectivity index (χ2n) is 4.34. The van der Waals surface area contributed by atoms with Gasteiger partial charge in [-0.2, -0.15) is 5.10 Å². The van der Waals surface area contributed by atoms with Gasteiger partial charge < -0.3 is 0 Å². The summed E-state index contributed by atoms with van der Waals surface area (Å²) in [7, 11) is 0. The molecule has 4 heteroatoms. The van der Waals surface area contributed by atoms with Crippen LogP contribution in [0.3, 0.4) is 0 Å². The first kappa shape index (κ1) is 10.2. The Bertz CT molecular complexity index is 559. The molecule has 86 valence electrons. The zero-order chi connectivity index (χ0) is 11.8. The maximum atomic E-state index is 12.8. The van der Waals surface area contributed by atoms with Crippen molar-refractivity contribution in [2.45, 2.75) is 18.8 Å². The zero-order valence-corrected chi connectivity index (χ0v) is 9.11. The van der Waals surface area contributed by atoms with Gasteiger partial charge in [-0.25, -0.2) is 4.39 Å². The van der Waals surface area contributed by atoms with Crippen LogP contribution in [0.25, 0.3) is 0 Å². The van der Waals surface area contributed by atoms with Gasteiger partial charge in [0.25, 0.3) is 0 Å². The predicted molar refractivity (Wildman–Crippen MR) is 60.4 cm³/mol. The molecule has 17 heavy (non-hydrogen) atoms. The maximum Gasteiger partial charge on any atom is 0.166 e. The van der Waals surface area contributed by atoms with Gasteiger partial charge in [-0.3, -0.25) is 9.89 Å². The highest BCUT2D eigenvalue weighted by Crippen LogP contribution is 2.31. The largest absolute Gasteiger partial charge is 0.294 e. The van der Waals surface area contributed by atoms with Crippen molar-refractivity contribution < 1.29 is 9.18 Å². The van der Waals surface area contributed by atoms with Gasteiger partial charge in [0.1, 0.15) is 5.82 Å². The number of benzene rings is 1. The molecule has 1 aliphatic rings. The summed E-state index contributed by atoms with van der Waals surface area (Å²) in [6, 6.07) is 6.36. The SMILES string of the molecule is O=C1C[C@@H](c2ccc(F)cc2)Cc2[nH]ncc21. The van der Waals surface area contributed by atoms with Crippen molar-refractivity contribution in [3.8, 4) is 0 Å². The summed E-state index contributed by atoms with van der Waals surface area (Å²) in [5, 5.41) is 6.74. The van der Waals surface area contributed by atoms with Gasteiger partial charge in [-0.15, -0.1) is 0 Å². The van der Waals surface area contributed by atoms with E-state index < -0.39 is 0 Å². The lowest BCUT2D eigenvalue weighted by Crippen LogP contribution is -2.17. The Kier molecular flexibility index (Phi) is 2.28. The van der Waals surface area contributed by atoms with Crippen LogP contribution in [0.5, 0.6) is 0 Å². The number of halogens is 1. The van der Waals surface area contributed by atoms with Crippen LogP contribution in [0.1, 0.15) is 34.0 Å². The number of hydrogen-bond acceptors (Lipinski definition) is 2. The third-order valence-corrected chi connectivity index (χ3v) is 3.24. The predicted octanol–water partition coefficient (Wildman–Crippen LogP) is 2.46. The highest BCUT2D eigenvalue weighted by molar-refractivity contribution is 5.98. The molecule has 1 aromatic heterocycles. The van der Waals surface area contributed by atoms with Crippen molar-refractivity contribution in [2.24, 2.45) is 0 Å². The smallest absolute Gasteiger partial charge is 0.166 e. The van der Waals surface area contributed by atoms with Gasteiger partial charge in [-0.05, 0) is 30.0 Å². The molecule has 3 rings (SSSR count). The van der Waals surface area contributed by atoms with E-state index in [-0.39, 0.29) is 17.5 Å². The maximum absolute atomic E-state index is 12.8. The molecule has 2 aromatic rings. The average molecular weight is 230 g/mol. The number of ketones is 1. The fraction of sp³-hybridized carbons (Fsp3) is 0.231. The van der Waals surface area contributed by atoms with E-state index in [2.05, 4.69) is 10.2 Å². The first-order valence-corrected chi connectivity index (χ1v) is 5.55. The van der Waals surface area contributed by atoms with Crippen LogP contribution in [0.15, 0.2) is 30.5 Å². The number of rotatable bonds is 1. The Hall–Kier alpha value is -1.97. The van der Waals surface area contributed by atoms with Crippen LogP contribution in [0.4, 0.5) is 4.39 Å². The Morgan fingerprint density at radius 3 is 2.76 bits per heavy atom. The molecule has 1 aliphatic carbocycles. The first-order chi connectivity index (χ1) is 8.24. The lowest BCUT2D eigenvalue weighted by atomic mass is 9.82. The van der Waals surface area contributed by atoms with Gasteiger partial charge >= 0.3 is 0 Å². The molecule has 0 bridgehead atoms. The van der Waals surface area contributed by atoms with Crippen LogP contribution in [-0.4, -0.2) is 16.0 Å². The number of fused-ring (bicyclic) bond motifs is 1. The van der Waals surface area contributed by atoms with E-state index in [4.69, 9.17) is 0 Å². The fourth-order valence-corrected chi connectivity index (χ4v) is 2.33. The molecule has 1 heterocycles. The van der Waals surface area contributed by atoms with Gasteiger partial charge in [0.2, 0.25) is 0 Å². The lowest BCUT2D eigenvalue weighted by Gasteiger charge is -2.20. The van der Waals surface area contributed by atoms with E-state index in [1.807, 2.05) is 0 Å². The highest BCUT2D eigenvalue weighted by atomic mass is 19.1. The van der Waals surface area contributed by atoms with E-state index in [0.717, 1.165) is 17.7 Å². The molecule has 0 aliphatic heterocycles. The summed E-state index contributed by atoms with van der Waals surface area (Å²) >= 11 is 0. The number of hydrogen-bond donors (Lipinski definition) is 1. The number of nitrogens with zero attached hydrogens (tertiary/aromatic N) is 1.